The van der Waals surface area contributed by atoms with E-state index in [-0.39, 0.29) is 6.04 Å². The Morgan fingerprint density at radius 2 is 2.07 bits per heavy atom. The molecule has 1 N–H and O–H groups in total. The highest BCUT2D eigenvalue weighted by molar-refractivity contribution is 5.64. The van der Waals surface area contributed by atoms with Gasteiger partial charge in [-0.2, -0.15) is 5.26 Å². The number of rotatable bonds is 2. The Kier molecular flexibility index (Phi) is 3.75. The highest BCUT2D eigenvalue weighted by atomic mass is 16.4. The first-order valence-corrected chi connectivity index (χ1v) is 4.98. The normalized spacial score (nSPS) is 26.6. The molecule has 14 heavy (non-hydrogen) atoms. The Bertz CT molecular complexity index is 239. The van der Waals surface area contributed by atoms with Crippen molar-refractivity contribution < 1.29 is 9.90 Å². The number of carboxylic acid groups (broad SMARTS) is 1. The molecule has 0 spiro atoms. The summed E-state index contributed by atoms with van der Waals surface area (Å²) >= 11 is 0. The number of nitrogens with zero attached hydrogens (tertiary/aromatic N) is 2. The third kappa shape index (κ3) is 2.63. The summed E-state index contributed by atoms with van der Waals surface area (Å²) in [6.45, 7) is 0. The molecular formula is C10H16N2O2. The van der Waals surface area contributed by atoms with Gasteiger partial charge in [0.1, 0.15) is 0 Å². The molecule has 0 aromatic heterocycles. The molecule has 4 nitrogen and oxygen atoms in total. The van der Waals surface area contributed by atoms with E-state index in [1.54, 1.807) is 7.05 Å². The Hall–Kier alpha value is -1.24. The molecule has 1 rings (SSSR count). The summed E-state index contributed by atoms with van der Waals surface area (Å²) in [7, 11) is 1.62. The van der Waals surface area contributed by atoms with E-state index in [0.29, 0.717) is 12.3 Å². The lowest BCUT2D eigenvalue weighted by molar-refractivity contribution is 0.119. The lowest BCUT2D eigenvalue weighted by Gasteiger charge is -2.32. The highest BCUT2D eigenvalue weighted by Gasteiger charge is 2.25. The molecule has 0 saturated heterocycles. The molecule has 0 aromatic rings. The van der Waals surface area contributed by atoms with Crippen molar-refractivity contribution in [3.05, 3.63) is 0 Å². The predicted octanol–water partition coefficient (Wildman–Crippen LogP) is 2.07. The van der Waals surface area contributed by atoms with Crippen LogP contribution in [-0.2, 0) is 0 Å². The standard InChI is InChI=1S/C10H16N2O2/c1-12(10(13)14)9-4-2-8(3-5-9)6-7-11/h8-9H,2-6H2,1H3,(H,13,14). The molecule has 0 aromatic carbocycles. The van der Waals surface area contributed by atoms with E-state index in [2.05, 4.69) is 6.07 Å². The average Bonchev–Trinajstić information content (AvgIpc) is 2.18. The highest BCUT2D eigenvalue weighted by Crippen LogP contribution is 2.28. The van der Waals surface area contributed by atoms with Gasteiger partial charge in [0.25, 0.3) is 0 Å². The lowest BCUT2D eigenvalue weighted by atomic mass is 9.84. The summed E-state index contributed by atoms with van der Waals surface area (Å²) in [5.41, 5.74) is 0. The van der Waals surface area contributed by atoms with Gasteiger partial charge in [0.05, 0.1) is 6.07 Å². The van der Waals surface area contributed by atoms with Gasteiger partial charge in [0.2, 0.25) is 0 Å². The first-order valence-electron chi connectivity index (χ1n) is 4.98. The molecule has 1 aliphatic carbocycles. The third-order valence-electron chi connectivity index (χ3n) is 3.05. The maximum absolute atomic E-state index is 10.7. The molecule has 0 radical (unpaired) electrons. The summed E-state index contributed by atoms with van der Waals surface area (Å²) < 4.78 is 0. The zero-order valence-electron chi connectivity index (χ0n) is 8.44. The van der Waals surface area contributed by atoms with Gasteiger partial charge in [-0.1, -0.05) is 0 Å². The molecule has 78 valence electrons. The van der Waals surface area contributed by atoms with Crippen LogP contribution < -0.4 is 0 Å². The fraction of sp³-hybridized carbons (Fsp3) is 0.800. The quantitative estimate of drug-likeness (QED) is 0.735. The monoisotopic (exact) mass is 196 g/mol. The number of nitriles is 1. The smallest absolute Gasteiger partial charge is 0.407 e. The second kappa shape index (κ2) is 4.85. The van der Waals surface area contributed by atoms with Crippen molar-refractivity contribution in [2.75, 3.05) is 7.05 Å². The number of hydrogen-bond acceptors (Lipinski definition) is 2. The van der Waals surface area contributed by atoms with Crippen LogP contribution in [-0.4, -0.2) is 29.2 Å². The zero-order chi connectivity index (χ0) is 10.6. The number of amides is 1. The second-order valence-electron chi connectivity index (χ2n) is 3.93. The molecule has 0 atom stereocenters. The van der Waals surface area contributed by atoms with Gasteiger partial charge in [-0.15, -0.1) is 0 Å². The fourth-order valence-electron chi connectivity index (χ4n) is 2.02. The molecular weight excluding hydrogens is 180 g/mol. The Labute approximate surface area is 84.1 Å². The van der Waals surface area contributed by atoms with Crippen molar-refractivity contribution in [1.29, 1.82) is 5.26 Å². The largest absolute Gasteiger partial charge is 0.465 e. The van der Waals surface area contributed by atoms with Crippen LogP contribution in [0.5, 0.6) is 0 Å². The van der Waals surface area contributed by atoms with E-state index < -0.39 is 6.09 Å². The van der Waals surface area contributed by atoms with Crippen LogP contribution in [0.1, 0.15) is 32.1 Å². The van der Waals surface area contributed by atoms with Gasteiger partial charge in [-0.25, -0.2) is 4.79 Å². The number of hydrogen-bond donors (Lipinski definition) is 1. The summed E-state index contributed by atoms with van der Waals surface area (Å²) in [6.07, 6.45) is 3.52. The molecule has 4 heteroatoms. The fourth-order valence-corrected chi connectivity index (χ4v) is 2.02. The summed E-state index contributed by atoms with van der Waals surface area (Å²) in [4.78, 5) is 12.1. The van der Waals surface area contributed by atoms with Gasteiger partial charge >= 0.3 is 6.09 Å². The van der Waals surface area contributed by atoms with Gasteiger partial charge in [0.15, 0.2) is 0 Å². The van der Waals surface area contributed by atoms with E-state index in [0.717, 1.165) is 25.7 Å². The van der Waals surface area contributed by atoms with Crippen molar-refractivity contribution in [1.82, 2.24) is 4.90 Å². The molecule has 0 heterocycles. The number of carbonyl (C=O) groups is 1. The van der Waals surface area contributed by atoms with Crippen LogP contribution in [0, 0.1) is 17.2 Å². The van der Waals surface area contributed by atoms with E-state index in [1.807, 2.05) is 0 Å². The van der Waals surface area contributed by atoms with Crippen LogP contribution in [0.4, 0.5) is 4.79 Å². The van der Waals surface area contributed by atoms with E-state index in [4.69, 9.17) is 10.4 Å². The molecule has 1 aliphatic rings. The lowest BCUT2D eigenvalue weighted by Crippen LogP contribution is -2.38. The average molecular weight is 196 g/mol. The Morgan fingerprint density at radius 1 is 1.50 bits per heavy atom. The van der Waals surface area contributed by atoms with Crippen molar-refractivity contribution in [3.63, 3.8) is 0 Å². The zero-order valence-corrected chi connectivity index (χ0v) is 8.44. The van der Waals surface area contributed by atoms with Gasteiger partial charge in [-0.3, -0.25) is 0 Å². The van der Waals surface area contributed by atoms with Crippen LogP contribution in [0.25, 0.3) is 0 Å². The van der Waals surface area contributed by atoms with Crippen molar-refractivity contribution in [3.8, 4) is 6.07 Å². The minimum absolute atomic E-state index is 0.155. The predicted molar refractivity (Wildman–Crippen MR) is 51.8 cm³/mol. The molecule has 0 aliphatic heterocycles. The first kappa shape index (κ1) is 10.8. The van der Waals surface area contributed by atoms with Crippen molar-refractivity contribution in [2.24, 2.45) is 5.92 Å². The Balaban J connectivity index is 2.36. The van der Waals surface area contributed by atoms with E-state index >= 15 is 0 Å². The topological polar surface area (TPSA) is 64.3 Å². The minimum atomic E-state index is -0.853. The van der Waals surface area contributed by atoms with Crippen molar-refractivity contribution in [2.45, 2.75) is 38.1 Å². The Morgan fingerprint density at radius 3 is 2.50 bits per heavy atom. The summed E-state index contributed by atoms with van der Waals surface area (Å²) in [5.74, 6) is 0.485. The molecule has 1 amide bonds. The molecule has 0 bridgehead atoms. The van der Waals surface area contributed by atoms with Crippen LogP contribution >= 0.6 is 0 Å². The van der Waals surface area contributed by atoms with Gasteiger partial charge in [0, 0.05) is 19.5 Å². The summed E-state index contributed by atoms with van der Waals surface area (Å²) in [5, 5.41) is 17.3. The minimum Gasteiger partial charge on any atom is -0.465 e. The first-order chi connectivity index (χ1) is 6.65. The maximum atomic E-state index is 10.7. The molecule has 1 fully saturated rings. The van der Waals surface area contributed by atoms with Gasteiger partial charge in [-0.05, 0) is 31.6 Å². The van der Waals surface area contributed by atoms with Gasteiger partial charge < -0.3 is 10.0 Å². The second-order valence-corrected chi connectivity index (χ2v) is 3.93. The maximum Gasteiger partial charge on any atom is 0.407 e. The third-order valence-corrected chi connectivity index (χ3v) is 3.05. The van der Waals surface area contributed by atoms with E-state index in [1.165, 1.54) is 4.90 Å². The van der Waals surface area contributed by atoms with Crippen LogP contribution in [0.3, 0.4) is 0 Å². The van der Waals surface area contributed by atoms with E-state index in [9.17, 15) is 4.79 Å². The van der Waals surface area contributed by atoms with Crippen LogP contribution in [0.2, 0.25) is 0 Å². The summed E-state index contributed by atoms with van der Waals surface area (Å²) in [6, 6.07) is 2.33. The SMILES string of the molecule is CN(C(=O)O)C1CCC(CC#N)CC1. The molecule has 0 unspecified atom stereocenters. The molecule has 1 saturated carbocycles. The van der Waals surface area contributed by atoms with Crippen molar-refractivity contribution >= 4 is 6.09 Å². The van der Waals surface area contributed by atoms with Crippen LogP contribution in [0.15, 0.2) is 0 Å².